The third-order valence-electron chi connectivity index (χ3n) is 5.17. The van der Waals surface area contributed by atoms with Gasteiger partial charge in [0.1, 0.15) is 19.3 Å². The number of amides is 1. The number of piperidine rings is 1. The molecule has 3 unspecified atom stereocenters. The van der Waals surface area contributed by atoms with Crippen molar-refractivity contribution >= 4 is 11.9 Å². The summed E-state index contributed by atoms with van der Waals surface area (Å²) in [4.78, 5) is 25.7. The summed E-state index contributed by atoms with van der Waals surface area (Å²) in [6, 6.07) is 5.17. The molecule has 1 saturated heterocycles. The summed E-state index contributed by atoms with van der Waals surface area (Å²) in [5, 5.41) is 9.35. The minimum absolute atomic E-state index is 0.0120. The average molecular weight is 331 g/mol. The monoisotopic (exact) mass is 331 g/mol. The molecule has 2 heterocycles. The number of hydrogen-bond acceptors (Lipinski definition) is 4. The van der Waals surface area contributed by atoms with E-state index in [9.17, 15) is 14.7 Å². The number of carbonyl (C=O) groups excluding carboxylic acids is 1. The number of ether oxygens (including phenoxy) is 2. The summed E-state index contributed by atoms with van der Waals surface area (Å²) >= 11 is 0. The van der Waals surface area contributed by atoms with Crippen LogP contribution in [0, 0.1) is 5.92 Å². The lowest BCUT2D eigenvalue weighted by atomic mass is 10.0. The maximum Gasteiger partial charge on any atom is 0.326 e. The van der Waals surface area contributed by atoms with Gasteiger partial charge >= 0.3 is 5.97 Å². The first-order valence-electron chi connectivity index (χ1n) is 8.58. The Morgan fingerprint density at radius 1 is 1.12 bits per heavy atom. The van der Waals surface area contributed by atoms with Gasteiger partial charge in [-0.2, -0.15) is 0 Å². The van der Waals surface area contributed by atoms with Crippen molar-refractivity contribution < 1.29 is 24.2 Å². The molecule has 1 N–H and O–H groups in total. The van der Waals surface area contributed by atoms with E-state index in [1.165, 1.54) is 0 Å². The summed E-state index contributed by atoms with van der Waals surface area (Å²) < 4.78 is 11.1. The molecule has 1 saturated carbocycles. The lowest BCUT2D eigenvalue weighted by molar-refractivity contribution is -0.152. The van der Waals surface area contributed by atoms with E-state index in [-0.39, 0.29) is 17.7 Å². The van der Waals surface area contributed by atoms with Gasteiger partial charge in [0.05, 0.1) is 0 Å². The highest BCUT2D eigenvalue weighted by atomic mass is 16.6. The first-order valence-corrected chi connectivity index (χ1v) is 8.58. The summed E-state index contributed by atoms with van der Waals surface area (Å²) in [6.07, 6.45) is 3.09. The van der Waals surface area contributed by atoms with Gasteiger partial charge in [-0.3, -0.25) is 4.79 Å². The number of carbonyl (C=O) groups is 2. The van der Waals surface area contributed by atoms with Gasteiger partial charge in [0.25, 0.3) is 0 Å². The first kappa shape index (κ1) is 15.3. The minimum atomic E-state index is -0.889. The van der Waals surface area contributed by atoms with Crippen LogP contribution in [0.2, 0.25) is 0 Å². The highest BCUT2D eigenvalue weighted by Gasteiger charge is 2.48. The molecule has 6 nitrogen and oxygen atoms in total. The van der Waals surface area contributed by atoms with Crippen molar-refractivity contribution in [2.24, 2.45) is 5.92 Å². The molecule has 0 bridgehead atoms. The van der Waals surface area contributed by atoms with Gasteiger partial charge < -0.3 is 19.5 Å². The zero-order chi connectivity index (χ0) is 16.7. The van der Waals surface area contributed by atoms with E-state index in [2.05, 4.69) is 0 Å². The van der Waals surface area contributed by atoms with Gasteiger partial charge in [-0.05, 0) is 49.3 Å². The summed E-state index contributed by atoms with van der Waals surface area (Å²) in [5.74, 6) is 0.632. The lowest BCUT2D eigenvalue weighted by Gasteiger charge is -2.33. The molecule has 2 aliphatic heterocycles. The molecule has 4 rings (SSSR count). The van der Waals surface area contributed by atoms with E-state index in [0.29, 0.717) is 26.2 Å². The van der Waals surface area contributed by atoms with Crippen molar-refractivity contribution in [1.29, 1.82) is 0 Å². The fourth-order valence-corrected chi connectivity index (χ4v) is 3.79. The number of aliphatic carboxylic acids is 1. The fraction of sp³-hybridized carbons (Fsp3) is 0.556. The van der Waals surface area contributed by atoms with Gasteiger partial charge in [-0.25, -0.2) is 4.79 Å². The van der Waals surface area contributed by atoms with E-state index < -0.39 is 12.0 Å². The Balaban J connectivity index is 1.47. The molecule has 6 heteroatoms. The molecule has 1 amide bonds. The maximum absolute atomic E-state index is 12.8. The third-order valence-corrected chi connectivity index (χ3v) is 5.17. The van der Waals surface area contributed by atoms with E-state index in [0.717, 1.165) is 36.3 Å². The Morgan fingerprint density at radius 3 is 2.71 bits per heavy atom. The van der Waals surface area contributed by atoms with Crippen LogP contribution in [0.1, 0.15) is 37.2 Å². The maximum atomic E-state index is 12.8. The van der Waals surface area contributed by atoms with Gasteiger partial charge in [-0.15, -0.1) is 0 Å². The minimum Gasteiger partial charge on any atom is -0.486 e. The van der Waals surface area contributed by atoms with Crippen LogP contribution >= 0.6 is 0 Å². The number of hydrogen-bond donors (Lipinski definition) is 1. The van der Waals surface area contributed by atoms with Crippen LogP contribution in [0.5, 0.6) is 11.5 Å². The summed E-state index contributed by atoms with van der Waals surface area (Å²) in [7, 11) is 0. The van der Waals surface area contributed by atoms with Crippen molar-refractivity contribution in [1.82, 2.24) is 4.90 Å². The Bertz CT molecular complexity index is 673. The quantitative estimate of drug-likeness (QED) is 0.917. The molecule has 0 radical (unpaired) electrons. The average Bonchev–Trinajstić information content (AvgIpc) is 3.41. The van der Waals surface area contributed by atoms with Crippen molar-refractivity contribution in [3.8, 4) is 11.5 Å². The Labute approximate surface area is 140 Å². The van der Waals surface area contributed by atoms with Crippen molar-refractivity contribution in [3.05, 3.63) is 23.8 Å². The molecular formula is C18H21NO5. The number of carboxylic acids is 1. The van der Waals surface area contributed by atoms with Crippen LogP contribution < -0.4 is 9.47 Å². The SMILES string of the molecule is O=C(O)C1CCCCN1C(=O)C1CC1c1ccc2c(c1)OCCO2. The predicted octanol–water partition coefficient (Wildman–Crippen LogP) is 2.03. The molecule has 1 aromatic carbocycles. The highest BCUT2D eigenvalue weighted by Crippen LogP contribution is 2.50. The van der Waals surface area contributed by atoms with E-state index in [1.54, 1.807) is 4.90 Å². The number of nitrogens with zero attached hydrogens (tertiary/aromatic N) is 1. The topological polar surface area (TPSA) is 76.1 Å². The number of benzene rings is 1. The van der Waals surface area contributed by atoms with E-state index in [1.807, 2.05) is 18.2 Å². The second-order valence-electron chi connectivity index (χ2n) is 6.73. The molecule has 1 aromatic rings. The predicted molar refractivity (Wildman–Crippen MR) is 85.3 cm³/mol. The normalized spacial score (nSPS) is 28.3. The summed E-state index contributed by atoms with van der Waals surface area (Å²) in [6.45, 7) is 1.65. The standard InChI is InChI=1S/C18H21NO5/c20-17(19-6-2-1-3-14(19)18(21)22)13-10-12(13)11-4-5-15-16(9-11)24-8-7-23-15/h4-5,9,12-14H,1-3,6-8,10H2,(H,21,22). The van der Waals surface area contributed by atoms with Crippen molar-refractivity contribution in [3.63, 3.8) is 0 Å². The van der Waals surface area contributed by atoms with Crippen molar-refractivity contribution in [2.75, 3.05) is 19.8 Å². The molecule has 0 aromatic heterocycles. The third kappa shape index (κ3) is 2.70. The molecule has 2 fully saturated rings. The van der Waals surface area contributed by atoms with E-state index in [4.69, 9.17) is 9.47 Å². The Hall–Kier alpha value is -2.24. The molecule has 128 valence electrons. The molecule has 3 aliphatic rings. The number of rotatable bonds is 3. The zero-order valence-corrected chi connectivity index (χ0v) is 13.4. The lowest BCUT2D eigenvalue weighted by Crippen LogP contribution is -2.48. The van der Waals surface area contributed by atoms with Crippen LogP contribution in [0.15, 0.2) is 18.2 Å². The van der Waals surface area contributed by atoms with Crippen LogP contribution in [0.25, 0.3) is 0 Å². The molecule has 3 atom stereocenters. The van der Waals surface area contributed by atoms with Crippen LogP contribution in [0.3, 0.4) is 0 Å². The Morgan fingerprint density at radius 2 is 1.92 bits per heavy atom. The van der Waals surface area contributed by atoms with Crippen LogP contribution in [0.4, 0.5) is 0 Å². The van der Waals surface area contributed by atoms with Gasteiger partial charge in [0, 0.05) is 12.5 Å². The fourth-order valence-electron chi connectivity index (χ4n) is 3.79. The van der Waals surface area contributed by atoms with Crippen molar-refractivity contribution in [2.45, 2.75) is 37.6 Å². The largest absolute Gasteiger partial charge is 0.486 e. The number of carboxylic acid groups (broad SMARTS) is 1. The molecular weight excluding hydrogens is 310 g/mol. The van der Waals surface area contributed by atoms with Crippen LogP contribution in [-0.2, 0) is 9.59 Å². The molecule has 1 aliphatic carbocycles. The Kier molecular flexibility index (Phi) is 3.82. The van der Waals surface area contributed by atoms with E-state index >= 15 is 0 Å². The molecule has 24 heavy (non-hydrogen) atoms. The van der Waals surface area contributed by atoms with Gasteiger partial charge in [0.2, 0.25) is 5.91 Å². The molecule has 0 spiro atoms. The highest BCUT2D eigenvalue weighted by molar-refractivity contribution is 5.88. The number of fused-ring (bicyclic) bond motifs is 1. The number of likely N-dealkylation sites (tertiary alicyclic amines) is 1. The second-order valence-corrected chi connectivity index (χ2v) is 6.73. The first-order chi connectivity index (χ1) is 11.6. The second kappa shape index (κ2) is 6.00. The smallest absolute Gasteiger partial charge is 0.326 e. The van der Waals surface area contributed by atoms with Gasteiger partial charge in [-0.1, -0.05) is 6.07 Å². The summed E-state index contributed by atoms with van der Waals surface area (Å²) in [5.41, 5.74) is 1.07. The van der Waals surface area contributed by atoms with Crippen LogP contribution in [-0.4, -0.2) is 47.7 Å². The zero-order valence-electron chi connectivity index (χ0n) is 13.4. The van der Waals surface area contributed by atoms with Gasteiger partial charge in [0.15, 0.2) is 11.5 Å².